The van der Waals surface area contributed by atoms with Gasteiger partial charge in [0.05, 0.1) is 23.3 Å². The number of hydrogen-bond donors (Lipinski definition) is 0. The molecule has 0 aliphatic rings. The van der Waals surface area contributed by atoms with Gasteiger partial charge in [0.15, 0.2) is 0 Å². The van der Waals surface area contributed by atoms with Gasteiger partial charge in [0.25, 0.3) is 0 Å². The molecule has 0 radical (unpaired) electrons. The van der Waals surface area contributed by atoms with Crippen molar-refractivity contribution in [2.45, 2.75) is 6.92 Å². The van der Waals surface area contributed by atoms with Crippen molar-refractivity contribution in [3.8, 4) is 5.75 Å². The summed E-state index contributed by atoms with van der Waals surface area (Å²) in [7, 11) is 1.64. The van der Waals surface area contributed by atoms with Gasteiger partial charge in [-0.3, -0.25) is 4.98 Å². The number of hydrogen-bond acceptors (Lipinski definition) is 2. The summed E-state index contributed by atoms with van der Waals surface area (Å²) in [4.78, 5) is 4.37. The molecule has 0 amide bonds. The fraction of sp³-hybridized carbons (Fsp3) is 0.182. The molecule has 0 fully saturated rings. The maximum atomic E-state index is 6.00. The van der Waals surface area contributed by atoms with Crippen LogP contribution in [0.15, 0.2) is 24.3 Å². The van der Waals surface area contributed by atoms with E-state index in [1.165, 1.54) is 0 Å². The quantitative estimate of drug-likeness (QED) is 0.717. The number of fused-ring (bicyclic) bond motifs is 1. The van der Waals surface area contributed by atoms with Gasteiger partial charge in [-0.15, -0.1) is 0 Å². The Morgan fingerprint density at radius 1 is 1.36 bits per heavy atom. The Morgan fingerprint density at radius 2 is 2.14 bits per heavy atom. The van der Waals surface area contributed by atoms with E-state index in [4.69, 9.17) is 16.3 Å². The monoisotopic (exact) mass is 207 g/mol. The number of rotatable bonds is 1. The second-order valence-electron chi connectivity index (χ2n) is 3.08. The number of nitrogens with zero attached hydrogens (tertiary/aromatic N) is 1. The molecule has 72 valence electrons. The third-order valence-corrected chi connectivity index (χ3v) is 2.55. The van der Waals surface area contributed by atoms with Crippen LogP contribution in [-0.4, -0.2) is 12.1 Å². The molecule has 0 aliphatic carbocycles. The van der Waals surface area contributed by atoms with Gasteiger partial charge in [-0.1, -0.05) is 17.7 Å². The van der Waals surface area contributed by atoms with E-state index in [0.29, 0.717) is 5.02 Å². The minimum Gasteiger partial charge on any atom is -0.496 e. The molecule has 0 N–H and O–H groups in total. The van der Waals surface area contributed by atoms with Crippen molar-refractivity contribution in [3.63, 3.8) is 0 Å². The fourth-order valence-corrected chi connectivity index (χ4v) is 1.57. The van der Waals surface area contributed by atoms with Gasteiger partial charge in [0.1, 0.15) is 5.75 Å². The van der Waals surface area contributed by atoms with Crippen molar-refractivity contribution in [3.05, 3.63) is 35.0 Å². The summed E-state index contributed by atoms with van der Waals surface area (Å²) in [5.41, 5.74) is 1.75. The lowest BCUT2D eigenvalue weighted by atomic mass is 10.2. The van der Waals surface area contributed by atoms with E-state index in [1.54, 1.807) is 7.11 Å². The van der Waals surface area contributed by atoms with Crippen molar-refractivity contribution >= 4 is 22.5 Å². The minimum absolute atomic E-state index is 0.669. The van der Waals surface area contributed by atoms with Gasteiger partial charge in [-0.25, -0.2) is 0 Å². The van der Waals surface area contributed by atoms with Gasteiger partial charge in [-0.05, 0) is 25.1 Å². The third kappa shape index (κ3) is 1.42. The highest BCUT2D eigenvalue weighted by Crippen LogP contribution is 2.27. The van der Waals surface area contributed by atoms with Crippen molar-refractivity contribution in [1.29, 1.82) is 0 Å². The lowest BCUT2D eigenvalue weighted by molar-refractivity contribution is 0.420. The van der Waals surface area contributed by atoms with Crippen LogP contribution < -0.4 is 4.74 Å². The summed E-state index contributed by atoms with van der Waals surface area (Å²) in [5.74, 6) is 0.803. The molecule has 0 spiro atoms. The van der Waals surface area contributed by atoms with E-state index >= 15 is 0 Å². The number of aryl methyl sites for hydroxylation is 1. The largest absolute Gasteiger partial charge is 0.496 e. The molecule has 0 atom stereocenters. The summed E-state index contributed by atoms with van der Waals surface area (Å²) >= 11 is 6.00. The molecular formula is C11H10ClNO. The molecular weight excluding hydrogens is 198 g/mol. The first kappa shape index (κ1) is 9.28. The number of benzene rings is 1. The van der Waals surface area contributed by atoms with Crippen LogP contribution in [0.4, 0.5) is 0 Å². The standard InChI is InChI=1S/C11H10ClNO/c1-7-9(12)6-8-10(13-7)4-3-5-11(8)14-2/h3-6H,1-2H3. The Hall–Kier alpha value is -1.28. The highest BCUT2D eigenvalue weighted by Gasteiger charge is 2.04. The molecule has 2 aromatic rings. The first-order valence-corrected chi connectivity index (χ1v) is 4.70. The molecule has 0 aliphatic heterocycles. The van der Waals surface area contributed by atoms with Crippen LogP contribution in [0.3, 0.4) is 0 Å². The van der Waals surface area contributed by atoms with Crippen LogP contribution in [0.1, 0.15) is 5.69 Å². The van der Waals surface area contributed by atoms with E-state index in [-0.39, 0.29) is 0 Å². The summed E-state index contributed by atoms with van der Waals surface area (Å²) in [6.45, 7) is 1.89. The first-order chi connectivity index (χ1) is 6.72. The lowest BCUT2D eigenvalue weighted by Gasteiger charge is -2.06. The number of pyridine rings is 1. The van der Waals surface area contributed by atoms with Crippen LogP contribution in [-0.2, 0) is 0 Å². The molecule has 0 bridgehead atoms. The smallest absolute Gasteiger partial charge is 0.128 e. The molecule has 1 aromatic carbocycles. The Balaban J connectivity index is 2.81. The third-order valence-electron chi connectivity index (χ3n) is 2.17. The van der Waals surface area contributed by atoms with Gasteiger partial charge in [0.2, 0.25) is 0 Å². The number of ether oxygens (including phenoxy) is 1. The van der Waals surface area contributed by atoms with Crippen molar-refractivity contribution in [2.75, 3.05) is 7.11 Å². The summed E-state index contributed by atoms with van der Waals surface area (Å²) < 4.78 is 5.22. The van der Waals surface area contributed by atoms with E-state index < -0.39 is 0 Å². The predicted molar refractivity (Wildman–Crippen MR) is 58.0 cm³/mol. The van der Waals surface area contributed by atoms with Crippen LogP contribution in [0, 0.1) is 6.92 Å². The maximum absolute atomic E-state index is 6.00. The molecule has 2 rings (SSSR count). The molecule has 14 heavy (non-hydrogen) atoms. The molecule has 3 heteroatoms. The van der Waals surface area contributed by atoms with Crippen LogP contribution in [0.2, 0.25) is 5.02 Å². The molecule has 2 nitrogen and oxygen atoms in total. The van der Waals surface area contributed by atoms with Gasteiger partial charge in [0, 0.05) is 5.39 Å². The van der Waals surface area contributed by atoms with Gasteiger partial charge < -0.3 is 4.74 Å². The van der Waals surface area contributed by atoms with Crippen LogP contribution in [0.25, 0.3) is 10.9 Å². The van der Waals surface area contributed by atoms with E-state index in [2.05, 4.69) is 4.98 Å². The predicted octanol–water partition coefficient (Wildman–Crippen LogP) is 3.21. The zero-order valence-electron chi connectivity index (χ0n) is 8.04. The Morgan fingerprint density at radius 3 is 2.86 bits per heavy atom. The highest BCUT2D eigenvalue weighted by molar-refractivity contribution is 6.31. The van der Waals surface area contributed by atoms with E-state index in [9.17, 15) is 0 Å². The Labute approximate surface area is 87.5 Å². The summed E-state index contributed by atoms with van der Waals surface area (Å²) in [6.07, 6.45) is 0. The zero-order chi connectivity index (χ0) is 10.1. The summed E-state index contributed by atoms with van der Waals surface area (Å²) in [6, 6.07) is 7.65. The SMILES string of the molecule is COc1cccc2nc(C)c(Cl)cc12. The molecule has 0 unspecified atom stereocenters. The molecule has 1 heterocycles. The zero-order valence-corrected chi connectivity index (χ0v) is 8.80. The average molecular weight is 208 g/mol. The molecule has 0 saturated carbocycles. The molecule has 1 aromatic heterocycles. The fourth-order valence-electron chi connectivity index (χ4n) is 1.42. The first-order valence-electron chi connectivity index (χ1n) is 4.32. The highest BCUT2D eigenvalue weighted by atomic mass is 35.5. The van der Waals surface area contributed by atoms with E-state index in [1.807, 2.05) is 31.2 Å². The number of aromatic nitrogens is 1. The summed E-state index contributed by atoms with van der Waals surface area (Å²) in [5, 5.41) is 1.62. The molecule has 0 saturated heterocycles. The topological polar surface area (TPSA) is 22.1 Å². The van der Waals surface area contributed by atoms with Gasteiger partial charge in [-0.2, -0.15) is 0 Å². The second-order valence-corrected chi connectivity index (χ2v) is 3.49. The minimum atomic E-state index is 0.669. The Bertz CT molecular complexity index is 482. The number of methoxy groups -OCH3 is 1. The maximum Gasteiger partial charge on any atom is 0.128 e. The van der Waals surface area contributed by atoms with Crippen LogP contribution in [0.5, 0.6) is 5.75 Å². The van der Waals surface area contributed by atoms with E-state index in [0.717, 1.165) is 22.3 Å². The lowest BCUT2D eigenvalue weighted by Crippen LogP contribution is -1.89. The van der Waals surface area contributed by atoms with Crippen LogP contribution >= 0.6 is 11.6 Å². The number of halogens is 1. The second kappa shape index (κ2) is 3.46. The van der Waals surface area contributed by atoms with Gasteiger partial charge >= 0.3 is 0 Å². The van der Waals surface area contributed by atoms with Crippen molar-refractivity contribution < 1.29 is 4.74 Å². The van der Waals surface area contributed by atoms with Crippen molar-refractivity contribution in [2.24, 2.45) is 0 Å². The normalized spacial score (nSPS) is 10.5. The van der Waals surface area contributed by atoms with Crippen molar-refractivity contribution in [1.82, 2.24) is 4.98 Å². The Kier molecular flexibility index (Phi) is 2.30. The average Bonchev–Trinajstić information content (AvgIpc) is 2.19.